The van der Waals surface area contributed by atoms with Crippen molar-refractivity contribution in [2.45, 2.75) is 32.2 Å². The van der Waals surface area contributed by atoms with E-state index in [2.05, 4.69) is 65.3 Å². The molecule has 1 aliphatic rings. The summed E-state index contributed by atoms with van der Waals surface area (Å²) in [5.41, 5.74) is 3.72. The van der Waals surface area contributed by atoms with Gasteiger partial charge in [0.25, 0.3) is 0 Å². The molecule has 1 fully saturated rings. The second-order valence-corrected chi connectivity index (χ2v) is 7.53. The van der Waals surface area contributed by atoms with E-state index in [1.165, 1.54) is 23.1 Å². The lowest BCUT2D eigenvalue weighted by Crippen LogP contribution is -2.44. The number of nitrogens with zero attached hydrogens (tertiary/aromatic N) is 1. The van der Waals surface area contributed by atoms with Crippen molar-refractivity contribution in [1.82, 2.24) is 5.01 Å². The molecule has 0 spiro atoms. The minimum absolute atomic E-state index is 0.254. The first-order valence-corrected chi connectivity index (χ1v) is 9.28. The van der Waals surface area contributed by atoms with Gasteiger partial charge in [-0.1, -0.05) is 46.3 Å². The summed E-state index contributed by atoms with van der Waals surface area (Å²) in [6, 6.07) is 15.2. The summed E-state index contributed by atoms with van der Waals surface area (Å²) in [7, 11) is 1.75. The summed E-state index contributed by atoms with van der Waals surface area (Å²) < 4.78 is 6.78. The smallest absolute Gasteiger partial charge is 0.125 e. The molecule has 24 heavy (non-hydrogen) atoms. The molecule has 2 N–H and O–H groups in total. The van der Waals surface area contributed by atoms with Gasteiger partial charge in [0, 0.05) is 11.0 Å². The van der Waals surface area contributed by atoms with E-state index in [9.17, 15) is 0 Å². The van der Waals surface area contributed by atoms with E-state index in [0.717, 1.165) is 29.6 Å². The van der Waals surface area contributed by atoms with E-state index in [0.29, 0.717) is 5.92 Å². The summed E-state index contributed by atoms with van der Waals surface area (Å²) in [6.07, 6.45) is 3.29. The van der Waals surface area contributed by atoms with E-state index < -0.39 is 0 Å². The SMILES string of the molecule is COc1c(C)cc(Br)cc1C[C@@H]1CCCN(N)[C@@H]1c1ccccc1. The second-order valence-electron chi connectivity index (χ2n) is 6.61. The van der Waals surface area contributed by atoms with Gasteiger partial charge in [-0.05, 0) is 60.9 Å². The third-order valence-corrected chi connectivity index (χ3v) is 5.40. The van der Waals surface area contributed by atoms with Crippen molar-refractivity contribution in [3.63, 3.8) is 0 Å². The van der Waals surface area contributed by atoms with Gasteiger partial charge in [0.2, 0.25) is 0 Å². The van der Waals surface area contributed by atoms with Gasteiger partial charge >= 0.3 is 0 Å². The van der Waals surface area contributed by atoms with Crippen LogP contribution in [0.5, 0.6) is 5.75 Å². The zero-order valence-electron chi connectivity index (χ0n) is 14.3. The molecule has 0 radical (unpaired) electrons. The number of aryl methyl sites for hydroxylation is 1. The van der Waals surface area contributed by atoms with Crippen LogP contribution in [0.4, 0.5) is 0 Å². The molecule has 2 atom stereocenters. The predicted octanol–water partition coefficient (Wildman–Crippen LogP) is 4.64. The molecule has 4 heteroatoms. The van der Waals surface area contributed by atoms with E-state index in [1.807, 2.05) is 5.01 Å². The first-order valence-electron chi connectivity index (χ1n) is 8.49. The third-order valence-electron chi connectivity index (χ3n) is 4.94. The van der Waals surface area contributed by atoms with E-state index in [1.54, 1.807) is 7.11 Å². The maximum atomic E-state index is 6.38. The molecule has 0 aromatic heterocycles. The highest BCUT2D eigenvalue weighted by Gasteiger charge is 2.31. The minimum Gasteiger partial charge on any atom is -0.496 e. The Balaban J connectivity index is 1.93. The van der Waals surface area contributed by atoms with Crippen molar-refractivity contribution in [3.05, 3.63) is 63.6 Å². The third kappa shape index (κ3) is 3.66. The molecule has 1 aliphatic heterocycles. The normalized spacial score (nSPS) is 21.7. The van der Waals surface area contributed by atoms with Crippen LogP contribution in [0, 0.1) is 12.8 Å². The van der Waals surface area contributed by atoms with Crippen molar-refractivity contribution >= 4 is 15.9 Å². The molecule has 0 bridgehead atoms. The van der Waals surface area contributed by atoms with Gasteiger partial charge in [-0.25, -0.2) is 5.01 Å². The minimum atomic E-state index is 0.254. The fourth-order valence-electron chi connectivity index (χ4n) is 3.96. The number of hydrogen-bond acceptors (Lipinski definition) is 3. The first-order chi connectivity index (χ1) is 11.6. The van der Waals surface area contributed by atoms with Crippen LogP contribution < -0.4 is 10.6 Å². The molecular weight excluding hydrogens is 364 g/mol. The van der Waals surface area contributed by atoms with Crippen molar-refractivity contribution in [3.8, 4) is 5.75 Å². The first kappa shape index (κ1) is 17.5. The van der Waals surface area contributed by atoms with Crippen LogP contribution in [0.2, 0.25) is 0 Å². The lowest BCUT2D eigenvalue weighted by molar-refractivity contribution is 0.0922. The molecule has 3 rings (SSSR count). The standard InChI is InChI=1S/C20H25BrN2O/c1-14-11-18(21)13-17(20(14)24-2)12-16-9-6-10-23(22)19(16)15-7-4-3-5-8-15/h3-5,7-8,11,13,16,19H,6,9-10,12,22H2,1-2H3/t16-,19+/m0/s1. The number of benzene rings is 2. The number of hydrogen-bond donors (Lipinski definition) is 1. The zero-order valence-corrected chi connectivity index (χ0v) is 15.9. The fraction of sp³-hybridized carbons (Fsp3) is 0.400. The molecule has 0 saturated carbocycles. The number of piperidine rings is 1. The van der Waals surface area contributed by atoms with Gasteiger partial charge in [0.05, 0.1) is 13.2 Å². The van der Waals surface area contributed by atoms with E-state index in [4.69, 9.17) is 10.6 Å². The molecule has 2 aromatic rings. The van der Waals surface area contributed by atoms with Crippen LogP contribution in [0.3, 0.4) is 0 Å². The highest BCUT2D eigenvalue weighted by molar-refractivity contribution is 9.10. The van der Waals surface area contributed by atoms with Crippen LogP contribution in [-0.2, 0) is 6.42 Å². The second kappa shape index (κ2) is 7.68. The monoisotopic (exact) mass is 388 g/mol. The Morgan fingerprint density at radius 3 is 2.71 bits per heavy atom. The van der Waals surface area contributed by atoms with Gasteiger partial charge < -0.3 is 4.74 Å². The van der Waals surface area contributed by atoms with Gasteiger partial charge in [-0.15, -0.1) is 0 Å². The van der Waals surface area contributed by atoms with Gasteiger partial charge in [0.15, 0.2) is 0 Å². The summed E-state index contributed by atoms with van der Waals surface area (Å²) >= 11 is 3.62. The molecule has 1 heterocycles. The number of ether oxygens (including phenoxy) is 1. The lowest BCUT2D eigenvalue weighted by Gasteiger charge is -2.39. The number of hydrazine groups is 1. The highest BCUT2D eigenvalue weighted by Crippen LogP contribution is 2.39. The quantitative estimate of drug-likeness (QED) is 0.775. The average Bonchev–Trinajstić information content (AvgIpc) is 2.55. The van der Waals surface area contributed by atoms with Gasteiger partial charge in [0.1, 0.15) is 5.75 Å². The Labute approximate surface area is 152 Å². The van der Waals surface area contributed by atoms with Gasteiger partial charge in [-0.2, -0.15) is 0 Å². The van der Waals surface area contributed by atoms with Crippen molar-refractivity contribution in [2.75, 3.05) is 13.7 Å². The number of rotatable bonds is 4. The molecule has 0 amide bonds. The molecule has 2 aromatic carbocycles. The molecule has 1 saturated heterocycles. The molecule has 3 nitrogen and oxygen atoms in total. The van der Waals surface area contributed by atoms with E-state index in [-0.39, 0.29) is 6.04 Å². The topological polar surface area (TPSA) is 38.5 Å². The van der Waals surface area contributed by atoms with Gasteiger partial charge in [-0.3, -0.25) is 5.84 Å². The summed E-state index contributed by atoms with van der Waals surface area (Å²) in [6.45, 7) is 3.04. The molecule has 128 valence electrons. The van der Waals surface area contributed by atoms with Crippen LogP contribution in [0.25, 0.3) is 0 Å². The van der Waals surface area contributed by atoms with Crippen molar-refractivity contribution in [2.24, 2.45) is 11.8 Å². The fourth-order valence-corrected chi connectivity index (χ4v) is 4.58. The zero-order chi connectivity index (χ0) is 17.1. The number of nitrogens with two attached hydrogens (primary N) is 1. The number of halogens is 1. The summed E-state index contributed by atoms with van der Waals surface area (Å²) in [5, 5.41) is 2.01. The predicted molar refractivity (Wildman–Crippen MR) is 102 cm³/mol. The van der Waals surface area contributed by atoms with Crippen LogP contribution in [-0.4, -0.2) is 18.7 Å². The van der Waals surface area contributed by atoms with Crippen LogP contribution >= 0.6 is 15.9 Å². The largest absolute Gasteiger partial charge is 0.496 e. The summed E-state index contributed by atoms with van der Waals surface area (Å²) in [5.74, 6) is 7.86. The molecule has 0 aliphatic carbocycles. The van der Waals surface area contributed by atoms with Crippen LogP contribution in [0.1, 0.15) is 35.6 Å². The average molecular weight is 389 g/mol. The maximum absolute atomic E-state index is 6.38. The van der Waals surface area contributed by atoms with Crippen LogP contribution in [0.15, 0.2) is 46.9 Å². The maximum Gasteiger partial charge on any atom is 0.125 e. The van der Waals surface area contributed by atoms with Crippen molar-refractivity contribution < 1.29 is 4.74 Å². The number of methoxy groups -OCH3 is 1. The van der Waals surface area contributed by atoms with E-state index >= 15 is 0 Å². The van der Waals surface area contributed by atoms with Crippen molar-refractivity contribution in [1.29, 1.82) is 0 Å². The Bertz CT molecular complexity index is 690. The molecular formula is C20H25BrN2O. The lowest BCUT2D eigenvalue weighted by atomic mass is 9.81. The Hall–Kier alpha value is -1.36. The highest BCUT2D eigenvalue weighted by atomic mass is 79.9. The Morgan fingerprint density at radius 1 is 1.25 bits per heavy atom. The Kier molecular flexibility index (Phi) is 5.59. The molecule has 0 unspecified atom stereocenters. The Morgan fingerprint density at radius 2 is 2.00 bits per heavy atom. The summed E-state index contributed by atoms with van der Waals surface area (Å²) in [4.78, 5) is 0.